The minimum Gasteiger partial charge on any atom is -0.364 e. The molecule has 0 aliphatic carbocycles. The molecule has 1 N–H and O–H groups in total. The third-order valence-electron chi connectivity index (χ3n) is 3.31. The first-order valence-corrected chi connectivity index (χ1v) is 6.73. The van der Waals surface area contributed by atoms with Gasteiger partial charge >= 0.3 is 0 Å². The number of nitrogens with one attached hydrogen (secondary N) is 1. The van der Waals surface area contributed by atoms with E-state index in [9.17, 15) is 4.79 Å². The highest BCUT2D eigenvalue weighted by atomic mass is 16.2. The van der Waals surface area contributed by atoms with E-state index in [-0.39, 0.29) is 5.91 Å². The summed E-state index contributed by atoms with van der Waals surface area (Å²) >= 11 is 0. The highest BCUT2D eigenvalue weighted by Gasteiger charge is 2.21. The van der Waals surface area contributed by atoms with Crippen LogP contribution in [0.15, 0.2) is 42.7 Å². The summed E-state index contributed by atoms with van der Waals surface area (Å²) in [4.78, 5) is 22.0. The monoisotopic (exact) mass is 268 g/mol. The van der Waals surface area contributed by atoms with Crippen molar-refractivity contribution in [3.63, 3.8) is 0 Å². The first-order valence-electron chi connectivity index (χ1n) is 6.73. The Balaban J connectivity index is 1.63. The van der Waals surface area contributed by atoms with Crippen LogP contribution in [0.4, 0.5) is 11.5 Å². The van der Waals surface area contributed by atoms with Gasteiger partial charge in [-0.1, -0.05) is 6.07 Å². The van der Waals surface area contributed by atoms with Gasteiger partial charge in [-0.2, -0.15) is 0 Å². The highest BCUT2D eigenvalue weighted by molar-refractivity contribution is 5.95. The molecule has 1 aliphatic rings. The minimum absolute atomic E-state index is 0.181. The van der Waals surface area contributed by atoms with Crippen molar-refractivity contribution in [1.29, 1.82) is 0 Å². The second-order valence-electron chi connectivity index (χ2n) is 4.73. The molecular weight excluding hydrogens is 252 g/mol. The van der Waals surface area contributed by atoms with E-state index in [1.54, 1.807) is 17.3 Å². The molecule has 2 aromatic heterocycles. The van der Waals surface area contributed by atoms with Crippen LogP contribution in [0.2, 0.25) is 0 Å². The normalized spacial score (nSPS) is 14.6. The maximum Gasteiger partial charge on any atom is 0.227 e. The van der Waals surface area contributed by atoms with Crippen molar-refractivity contribution in [1.82, 2.24) is 9.97 Å². The molecule has 20 heavy (non-hydrogen) atoms. The maximum absolute atomic E-state index is 11.6. The number of anilines is 2. The van der Waals surface area contributed by atoms with Gasteiger partial charge in [0, 0.05) is 19.2 Å². The Bertz CT molecular complexity index is 583. The van der Waals surface area contributed by atoms with Gasteiger partial charge in [0.25, 0.3) is 0 Å². The Kier molecular flexibility index (Phi) is 3.58. The molecule has 1 saturated heterocycles. The van der Waals surface area contributed by atoms with Crippen molar-refractivity contribution in [2.24, 2.45) is 0 Å². The fourth-order valence-electron chi connectivity index (χ4n) is 2.26. The first-order chi connectivity index (χ1) is 9.83. The van der Waals surface area contributed by atoms with E-state index in [0.717, 1.165) is 30.2 Å². The van der Waals surface area contributed by atoms with Crippen LogP contribution in [0.5, 0.6) is 0 Å². The molecule has 5 heteroatoms. The van der Waals surface area contributed by atoms with E-state index < -0.39 is 0 Å². The largest absolute Gasteiger partial charge is 0.364 e. The average Bonchev–Trinajstić information content (AvgIpc) is 2.93. The van der Waals surface area contributed by atoms with Gasteiger partial charge in [0.2, 0.25) is 5.91 Å². The summed E-state index contributed by atoms with van der Waals surface area (Å²) < 4.78 is 0. The summed E-state index contributed by atoms with van der Waals surface area (Å²) in [5.74, 6) is 0.965. The van der Waals surface area contributed by atoms with Gasteiger partial charge in [0.05, 0.1) is 24.1 Å². The van der Waals surface area contributed by atoms with Crippen molar-refractivity contribution < 1.29 is 4.79 Å². The molecule has 0 radical (unpaired) electrons. The Morgan fingerprint density at radius 3 is 2.80 bits per heavy atom. The molecule has 2 aromatic rings. The number of nitrogens with zero attached hydrogens (tertiary/aromatic N) is 3. The van der Waals surface area contributed by atoms with Crippen molar-refractivity contribution in [3.05, 3.63) is 48.4 Å². The van der Waals surface area contributed by atoms with Crippen molar-refractivity contribution in [2.75, 3.05) is 16.8 Å². The lowest BCUT2D eigenvalue weighted by atomic mass is 10.3. The average molecular weight is 268 g/mol. The molecule has 0 unspecified atom stereocenters. The number of pyridine rings is 2. The van der Waals surface area contributed by atoms with Gasteiger partial charge in [-0.05, 0) is 30.7 Å². The van der Waals surface area contributed by atoms with Crippen molar-refractivity contribution >= 4 is 17.4 Å². The van der Waals surface area contributed by atoms with Gasteiger partial charge in [0.1, 0.15) is 5.82 Å². The van der Waals surface area contributed by atoms with Gasteiger partial charge in [0.15, 0.2) is 0 Å². The van der Waals surface area contributed by atoms with Crippen molar-refractivity contribution in [2.45, 2.75) is 19.4 Å². The van der Waals surface area contributed by atoms with E-state index in [4.69, 9.17) is 0 Å². The summed E-state index contributed by atoms with van der Waals surface area (Å²) in [6.07, 6.45) is 5.08. The zero-order valence-corrected chi connectivity index (χ0v) is 11.1. The number of carbonyl (C=O) groups is 1. The number of hydrogen-bond donors (Lipinski definition) is 1. The Labute approximate surface area is 117 Å². The second kappa shape index (κ2) is 5.69. The Morgan fingerprint density at radius 1 is 1.20 bits per heavy atom. The van der Waals surface area contributed by atoms with Gasteiger partial charge in [-0.3, -0.25) is 9.78 Å². The highest BCUT2D eigenvalue weighted by Crippen LogP contribution is 2.21. The van der Waals surface area contributed by atoms with Gasteiger partial charge < -0.3 is 10.2 Å². The zero-order chi connectivity index (χ0) is 13.8. The quantitative estimate of drug-likeness (QED) is 0.923. The summed E-state index contributed by atoms with van der Waals surface area (Å²) in [6, 6.07) is 9.63. The van der Waals surface area contributed by atoms with Crippen LogP contribution in [0.25, 0.3) is 0 Å². The summed E-state index contributed by atoms with van der Waals surface area (Å²) in [5, 5.41) is 3.21. The summed E-state index contributed by atoms with van der Waals surface area (Å²) in [7, 11) is 0. The molecule has 0 atom stereocenters. The molecule has 102 valence electrons. The molecule has 1 amide bonds. The summed E-state index contributed by atoms with van der Waals surface area (Å²) in [6.45, 7) is 1.43. The van der Waals surface area contributed by atoms with Crippen LogP contribution >= 0.6 is 0 Å². The molecule has 5 nitrogen and oxygen atoms in total. The number of rotatable bonds is 4. The predicted octanol–water partition coefficient (Wildman–Crippen LogP) is 2.22. The van der Waals surface area contributed by atoms with E-state index in [1.807, 2.05) is 30.3 Å². The molecule has 0 bridgehead atoms. The third kappa shape index (κ3) is 2.77. The molecular formula is C15H16N4O. The van der Waals surface area contributed by atoms with E-state index in [0.29, 0.717) is 13.0 Å². The molecule has 3 rings (SSSR count). The smallest absolute Gasteiger partial charge is 0.227 e. The zero-order valence-electron chi connectivity index (χ0n) is 11.1. The number of carbonyl (C=O) groups excluding carboxylic acids is 1. The van der Waals surface area contributed by atoms with Crippen LogP contribution in [-0.2, 0) is 11.3 Å². The topological polar surface area (TPSA) is 58.1 Å². The van der Waals surface area contributed by atoms with E-state index in [1.165, 1.54) is 0 Å². The van der Waals surface area contributed by atoms with Crippen LogP contribution in [0.3, 0.4) is 0 Å². The molecule has 1 aliphatic heterocycles. The fourth-order valence-corrected chi connectivity index (χ4v) is 2.26. The predicted molar refractivity (Wildman–Crippen MR) is 77.4 cm³/mol. The lowest BCUT2D eigenvalue weighted by Crippen LogP contribution is -2.23. The standard InChI is InChI=1S/C15H16N4O/c20-15-5-3-9-19(15)13-6-7-14(18-11-13)17-10-12-4-1-2-8-16-12/h1-2,4,6-8,11H,3,5,9-10H2,(H,17,18). The molecule has 3 heterocycles. The molecule has 1 fully saturated rings. The van der Waals surface area contributed by atoms with Crippen LogP contribution in [0.1, 0.15) is 18.5 Å². The van der Waals surface area contributed by atoms with Crippen LogP contribution in [0, 0.1) is 0 Å². The Morgan fingerprint density at radius 2 is 2.15 bits per heavy atom. The number of aromatic nitrogens is 2. The minimum atomic E-state index is 0.181. The number of amides is 1. The Hall–Kier alpha value is -2.43. The van der Waals surface area contributed by atoms with Crippen LogP contribution < -0.4 is 10.2 Å². The molecule has 0 spiro atoms. The molecule has 0 saturated carbocycles. The van der Waals surface area contributed by atoms with Gasteiger partial charge in [-0.15, -0.1) is 0 Å². The van der Waals surface area contributed by atoms with Crippen LogP contribution in [-0.4, -0.2) is 22.4 Å². The van der Waals surface area contributed by atoms with Gasteiger partial charge in [-0.25, -0.2) is 4.98 Å². The van der Waals surface area contributed by atoms with E-state index >= 15 is 0 Å². The number of hydrogen-bond acceptors (Lipinski definition) is 4. The fraction of sp³-hybridized carbons (Fsp3) is 0.267. The molecule has 0 aromatic carbocycles. The first kappa shape index (κ1) is 12.6. The van der Waals surface area contributed by atoms with E-state index in [2.05, 4.69) is 15.3 Å². The lowest BCUT2D eigenvalue weighted by molar-refractivity contribution is -0.117. The summed E-state index contributed by atoms with van der Waals surface area (Å²) in [5.41, 5.74) is 1.84. The second-order valence-corrected chi connectivity index (χ2v) is 4.73. The maximum atomic E-state index is 11.6. The lowest BCUT2D eigenvalue weighted by Gasteiger charge is -2.15. The van der Waals surface area contributed by atoms with Crippen molar-refractivity contribution in [3.8, 4) is 0 Å². The SMILES string of the molecule is O=C1CCCN1c1ccc(NCc2ccccn2)nc1. The third-order valence-corrected chi connectivity index (χ3v) is 3.31.